The number of likely N-dealkylation sites (N-methyl/N-ethyl adjacent to an activating group) is 1. The number of halogens is 1. The second-order valence-electron chi connectivity index (χ2n) is 6.47. The summed E-state index contributed by atoms with van der Waals surface area (Å²) in [5.74, 6) is 0.630. The number of hydrogen-bond acceptors (Lipinski definition) is 3. The highest BCUT2D eigenvalue weighted by molar-refractivity contribution is 9.10. The lowest BCUT2D eigenvalue weighted by atomic mass is 10.1. The van der Waals surface area contributed by atoms with Crippen molar-refractivity contribution in [2.45, 2.75) is 38.8 Å². The third kappa shape index (κ3) is 7.53. The Bertz CT molecular complexity index is 449. The molecule has 118 valence electrons. The molecule has 0 aliphatic carbocycles. The molecule has 0 fully saturated rings. The van der Waals surface area contributed by atoms with Crippen molar-refractivity contribution in [3.63, 3.8) is 0 Å². The third-order valence-electron chi connectivity index (χ3n) is 3.08. The van der Waals surface area contributed by atoms with E-state index in [1.54, 1.807) is 0 Å². The Morgan fingerprint density at radius 3 is 2.33 bits per heavy atom. The van der Waals surface area contributed by atoms with E-state index in [-0.39, 0.29) is 5.60 Å². The fourth-order valence-corrected chi connectivity index (χ4v) is 2.23. The van der Waals surface area contributed by atoms with E-state index in [9.17, 15) is 0 Å². The molecule has 0 saturated heterocycles. The molecule has 4 heteroatoms. The molecule has 1 aromatic carbocycles. The van der Waals surface area contributed by atoms with Gasteiger partial charge in [-0.1, -0.05) is 28.1 Å². The molecular weight excluding hydrogens is 328 g/mol. The molecule has 0 bridgehead atoms. The second-order valence-corrected chi connectivity index (χ2v) is 7.38. The van der Waals surface area contributed by atoms with Gasteiger partial charge in [-0.3, -0.25) is 0 Å². The summed E-state index contributed by atoms with van der Waals surface area (Å²) < 4.78 is 6.81. The monoisotopic (exact) mass is 354 g/mol. The Labute approximate surface area is 137 Å². The molecule has 0 radical (unpaired) electrons. The maximum Gasteiger partial charge on any atom is 0.179 e. The molecule has 0 spiro atoms. The number of benzene rings is 1. The quantitative estimate of drug-likeness (QED) is 0.753. The van der Waals surface area contributed by atoms with Crippen LogP contribution in [0.1, 0.15) is 26.3 Å². The summed E-state index contributed by atoms with van der Waals surface area (Å²) in [6, 6.07) is 8.85. The van der Waals surface area contributed by atoms with Crippen molar-refractivity contribution in [1.82, 2.24) is 10.2 Å². The van der Waals surface area contributed by atoms with Crippen LogP contribution < -0.4 is 5.32 Å². The van der Waals surface area contributed by atoms with Crippen LogP contribution in [0.4, 0.5) is 0 Å². The predicted molar refractivity (Wildman–Crippen MR) is 93.3 cm³/mol. The lowest BCUT2D eigenvalue weighted by Crippen LogP contribution is -2.40. The number of ether oxygens (including phenoxy) is 1. The summed E-state index contributed by atoms with van der Waals surface area (Å²) >= 11 is 3.47. The zero-order valence-electron chi connectivity index (χ0n) is 13.7. The van der Waals surface area contributed by atoms with Crippen molar-refractivity contribution in [3.05, 3.63) is 46.8 Å². The number of rotatable bonds is 7. The van der Waals surface area contributed by atoms with E-state index in [1.807, 2.05) is 20.8 Å². The van der Waals surface area contributed by atoms with E-state index < -0.39 is 0 Å². The average Bonchev–Trinajstić information content (AvgIpc) is 2.34. The summed E-state index contributed by atoms with van der Waals surface area (Å²) in [6.07, 6.45) is 0.982. The molecule has 3 nitrogen and oxygen atoms in total. The Kier molecular flexibility index (Phi) is 6.75. The molecule has 21 heavy (non-hydrogen) atoms. The molecule has 0 unspecified atom stereocenters. The fraction of sp³-hybridized carbons (Fsp3) is 0.529. The van der Waals surface area contributed by atoms with E-state index in [4.69, 9.17) is 4.74 Å². The van der Waals surface area contributed by atoms with Crippen molar-refractivity contribution in [3.8, 4) is 0 Å². The van der Waals surface area contributed by atoms with Gasteiger partial charge in [-0.15, -0.1) is 0 Å². The van der Waals surface area contributed by atoms with Crippen molar-refractivity contribution >= 4 is 15.9 Å². The van der Waals surface area contributed by atoms with E-state index in [0.29, 0.717) is 11.9 Å². The van der Waals surface area contributed by atoms with Crippen molar-refractivity contribution in [1.29, 1.82) is 0 Å². The van der Waals surface area contributed by atoms with E-state index in [0.717, 1.165) is 17.4 Å². The molecule has 0 aliphatic heterocycles. The van der Waals surface area contributed by atoms with E-state index in [1.165, 1.54) is 5.56 Å². The van der Waals surface area contributed by atoms with Gasteiger partial charge in [-0.25, -0.2) is 0 Å². The summed E-state index contributed by atoms with van der Waals surface area (Å²) in [4.78, 5) is 2.22. The number of hydrogen-bond donors (Lipinski definition) is 1. The summed E-state index contributed by atoms with van der Waals surface area (Å²) in [7, 11) is 4.19. The SMILES string of the molecule is C=C(NC[C@H](Cc1ccc(Br)cc1)N(C)C)OC(C)(C)C. The van der Waals surface area contributed by atoms with Gasteiger partial charge in [0.05, 0.1) is 0 Å². The van der Waals surface area contributed by atoms with Crippen LogP contribution in [-0.2, 0) is 11.2 Å². The van der Waals surface area contributed by atoms with Crippen LogP contribution in [0.2, 0.25) is 0 Å². The standard InChI is InChI=1S/C17H27BrN2O/c1-13(21-17(2,3)4)19-12-16(20(5)6)11-14-7-9-15(18)10-8-14/h7-10,16,19H,1,11-12H2,2-6H3/t16-/m0/s1. The Hall–Kier alpha value is -1.00. The van der Waals surface area contributed by atoms with Gasteiger partial charge in [0.25, 0.3) is 0 Å². The fourth-order valence-electron chi connectivity index (χ4n) is 1.97. The van der Waals surface area contributed by atoms with Gasteiger partial charge in [0.15, 0.2) is 5.88 Å². The van der Waals surface area contributed by atoms with Crippen LogP contribution in [0.15, 0.2) is 41.2 Å². The molecular formula is C17H27BrN2O. The van der Waals surface area contributed by atoms with E-state index >= 15 is 0 Å². The molecule has 1 aromatic rings. The summed E-state index contributed by atoms with van der Waals surface area (Å²) in [5.41, 5.74) is 1.10. The maximum absolute atomic E-state index is 5.70. The van der Waals surface area contributed by atoms with Gasteiger partial charge in [-0.05, 0) is 65.6 Å². The second kappa shape index (κ2) is 7.85. The van der Waals surface area contributed by atoms with Gasteiger partial charge in [-0.2, -0.15) is 0 Å². The lowest BCUT2D eigenvalue weighted by Gasteiger charge is -2.28. The normalized spacial score (nSPS) is 13.1. The maximum atomic E-state index is 5.70. The Balaban J connectivity index is 2.54. The van der Waals surface area contributed by atoms with Crippen molar-refractivity contribution < 1.29 is 4.74 Å². The molecule has 1 N–H and O–H groups in total. The first kappa shape index (κ1) is 18.1. The zero-order valence-corrected chi connectivity index (χ0v) is 15.3. The highest BCUT2D eigenvalue weighted by Crippen LogP contribution is 2.14. The Morgan fingerprint density at radius 2 is 1.86 bits per heavy atom. The highest BCUT2D eigenvalue weighted by atomic mass is 79.9. The van der Waals surface area contributed by atoms with Crippen LogP contribution in [0.25, 0.3) is 0 Å². The van der Waals surface area contributed by atoms with Gasteiger partial charge in [0.1, 0.15) is 5.60 Å². The van der Waals surface area contributed by atoms with Crippen LogP contribution >= 0.6 is 15.9 Å². The zero-order chi connectivity index (χ0) is 16.0. The van der Waals surface area contributed by atoms with Crippen LogP contribution in [0, 0.1) is 0 Å². The molecule has 0 heterocycles. The van der Waals surface area contributed by atoms with Gasteiger partial charge < -0.3 is 15.0 Å². The van der Waals surface area contributed by atoms with Crippen molar-refractivity contribution in [2.75, 3.05) is 20.6 Å². The predicted octanol–water partition coefficient (Wildman–Crippen LogP) is 3.80. The first-order valence-electron chi connectivity index (χ1n) is 7.20. The van der Waals surface area contributed by atoms with Gasteiger partial charge >= 0.3 is 0 Å². The first-order valence-corrected chi connectivity index (χ1v) is 7.99. The molecule has 0 saturated carbocycles. The molecule has 1 rings (SSSR count). The number of nitrogens with zero attached hydrogens (tertiary/aromatic N) is 1. The molecule has 1 atom stereocenters. The minimum absolute atomic E-state index is 0.219. The van der Waals surface area contributed by atoms with E-state index in [2.05, 4.69) is 71.1 Å². The largest absolute Gasteiger partial charge is 0.474 e. The van der Waals surface area contributed by atoms with Crippen LogP contribution in [-0.4, -0.2) is 37.2 Å². The minimum Gasteiger partial charge on any atom is -0.474 e. The number of nitrogens with one attached hydrogen (secondary N) is 1. The first-order chi connectivity index (χ1) is 9.67. The minimum atomic E-state index is -0.219. The van der Waals surface area contributed by atoms with Crippen LogP contribution in [0.5, 0.6) is 0 Å². The average molecular weight is 355 g/mol. The lowest BCUT2D eigenvalue weighted by molar-refractivity contribution is 0.0398. The topological polar surface area (TPSA) is 24.5 Å². The van der Waals surface area contributed by atoms with Gasteiger partial charge in [0.2, 0.25) is 0 Å². The van der Waals surface area contributed by atoms with Gasteiger partial charge in [0, 0.05) is 17.1 Å². The highest BCUT2D eigenvalue weighted by Gasteiger charge is 2.15. The smallest absolute Gasteiger partial charge is 0.179 e. The summed E-state index contributed by atoms with van der Waals surface area (Å²) in [6.45, 7) is 10.8. The molecule has 0 aliphatic rings. The molecule has 0 aromatic heterocycles. The molecule has 0 amide bonds. The summed E-state index contributed by atoms with van der Waals surface area (Å²) in [5, 5.41) is 3.28. The Morgan fingerprint density at radius 1 is 1.29 bits per heavy atom. The van der Waals surface area contributed by atoms with Crippen molar-refractivity contribution in [2.24, 2.45) is 0 Å². The third-order valence-corrected chi connectivity index (χ3v) is 3.61. The van der Waals surface area contributed by atoms with Crippen LogP contribution in [0.3, 0.4) is 0 Å².